The minimum Gasteiger partial charge on any atom is -0.368 e. The fraction of sp³-hybridized carbons (Fsp3) is 0.706. The molecule has 10 nitrogen and oxygen atoms in total. The zero-order valence-corrected chi connectivity index (χ0v) is 20.5. The molecular weight excluding hydrogens is 481 g/mol. The Labute approximate surface area is 193 Å². The van der Waals surface area contributed by atoms with Crippen molar-refractivity contribution in [3.05, 3.63) is 6.33 Å². The molecule has 0 bridgehead atoms. The molecule has 3 aliphatic heterocycles. The molecule has 0 saturated carbocycles. The lowest BCUT2D eigenvalue weighted by Crippen LogP contribution is -2.35. The molecule has 2 N–H and O–H groups in total. The quantitative estimate of drug-likeness (QED) is 0.275. The number of nitrogens with zero attached hydrogens (tertiary/aromatic N) is 4. The summed E-state index contributed by atoms with van der Waals surface area (Å²) in [6.07, 6.45) is 1.48. The molecule has 14 heteroatoms. The van der Waals surface area contributed by atoms with E-state index in [9.17, 15) is 4.57 Å². The normalized spacial score (nSPS) is 35.7. The van der Waals surface area contributed by atoms with Crippen LogP contribution in [0.4, 0.5) is 5.95 Å². The lowest BCUT2D eigenvalue weighted by molar-refractivity contribution is -0.0750. The van der Waals surface area contributed by atoms with Crippen LogP contribution in [0.2, 0.25) is 0 Å². The van der Waals surface area contributed by atoms with Crippen molar-refractivity contribution in [3.63, 3.8) is 0 Å². The molecule has 3 aliphatic rings. The molecule has 0 spiro atoms. The number of fused-ring (bicyclic) bond motifs is 2. The van der Waals surface area contributed by atoms with Gasteiger partial charge in [0.15, 0.2) is 5.65 Å². The van der Waals surface area contributed by atoms with Crippen LogP contribution in [-0.2, 0) is 22.9 Å². The van der Waals surface area contributed by atoms with Crippen LogP contribution in [-0.4, -0.2) is 55.9 Å². The zero-order chi connectivity index (χ0) is 21.8. The van der Waals surface area contributed by atoms with Crippen LogP contribution in [0.3, 0.4) is 0 Å². The van der Waals surface area contributed by atoms with Gasteiger partial charge in [-0.3, -0.25) is 18.1 Å². The molecule has 2 aromatic rings. The summed E-state index contributed by atoms with van der Waals surface area (Å²) >= 11 is 4.31. The van der Waals surface area contributed by atoms with E-state index in [-0.39, 0.29) is 30.2 Å². The van der Waals surface area contributed by atoms with E-state index in [4.69, 9.17) is 24.0 Å². The Hall–Kier alpha value is -0.530. The number of phosphoric ester groups is 1. The van der Waals surface area contributed by atoms with E-state index in [0.717, 1.165) is 17.9 Å². The van der Waals surface area contributed by atoms with E-state index < -0.39 is 20.2 Å². The molecule has 5 heterocycles. The first-order chi connectivity index (χ1) is 14.7. The predicted molar refractivity (Wildman–Crippen MR) is 122 cm³/mol. The van der Waals surface area contributed by atoms with Crippen molar-refractivity contribution >= 4 is 59.2 Å². The fourth-order valence-electron chi connectivity index (χ4n) is 3.99. The maximum atomic E-state index is 13.3. The minimum absolute atomic E-state index is 0.0932. The number of nitrogen functional groups attached to an aromatic ring is 1. The first-order valence-corrected chi connectivity index (χ1v) is 14.3. The van der Waals surface area contributed by atoms with E-state index in [1.54, 1.807) is 21.7 Å². The van der Waals surface area contributed by atoms with Crippen molar-refractivity contribution < 1.29 is 22.9 Å². The van der Waals surface area contributed by atoms with Crippen LogP contribution in [0.1, 0.15) is 32.9 Å². The number of hydrogen-bond donors (Lipinski definition) is 2. The average Bonchev–Trinajstić information content (AvgIpc) is 3.23. The Balaban J connectivity index is 1.30. The summed E-state index contributed by atoms with van der Waals surface area (Å²) in [5, 5.41) is 0.400. The standard InChI is InChI=1S/C17H24N5O5PS3/c1-17(2)4-9(6-30-31-7-17)26-28(23)24-5-11-10(27-28)3-12(25-11)22-8-19-13-14(22)20-16(18)21-15(13)29/h8-12H,3-7H2,1-2H3,(H3,18,20,21,29)/t9?,10-,11+,12+,28?/m0/s1. The largest absolute Gasteiger partial charge is 0.475 e. The lowest BCUT2D eigenvalue weighted by atomic mass is 9.89. The van der Waals surface area contributed by atoms with Gasteiger partial charge in [0.2, 0.25) is 5.95 Å². The van der Waals surface area contributed by atoms with E-state index in [1.807, 2.05) is 10.8 Å². The highest BCUT2D eigenvalue weighted by molar-refractivity contribution is 8.76. The van der Waals surface area contributed by atoms with Gasteiger partial charge in [0.05, 0.1) is 19.0 Å². The van der Waals surface area contributed by atoms with Gasteiger partial charge < -0.3 is 10.5 Å². The summed E-state index contributed by atoms with van der Waals surface area (Å²) in [7, 11) is -0.133. The van der Waals surface area contributed by atoms with Crippen LogP contribution >= 0.6 is 42.0 Å². The van der Waals surface area contributed by atoms with Gasteiger partial charge in [-0.1, -0.05) is 35.4 Å². The Kier molecular flexibility index (Phi) is 6.00. The monoisotopic (exact) mass is 505 g/mol. The van der Waals surface area contributed by atoms with Gasteiger partial charge in [0.1, 0.15) is 29.0 Å². The average molecular weight is 506 g/mol. The van der Waals surface area contributed by atoms with E-state index in [2.05, 4.69) is 41.4 Å². The summed E-state index contributed by atoms with van der Waals surface area (Å²) in [6.45, 7) is 4.51. The maximum Gasteiger partial charge on any atom is 0.475 e. The summed E-state index contributed by atoms with van der Waals surface area (Å²) in [6, 6.07) is 0. The Bertz CT molecular complexity index is 1040. The minimum atomic E-state index is -3.68. The number of nitrogens with two attached hydrogens (primary N) is 1. The summed E-state index contributed by atoms with van der Waals surface area (Å²) in [5.41, 5.74) is 6.92. The van der Waals surface area contributed by atoms with Gasteiger partial charge in [-0.05, 0) is 11.8 Å². The van der Waals surface area contributed by atoms with Crippen LogP contribution < -0.4 is 5.73 Å². The van der Waals surface area contributed by atoms with Crippen LogP contribution in [0.5, 0.6) is 0 Å². The molecule has 0 aromatic carbocycles. The van der Waals surface area contributed by atoms with Gasteiger partial charge in [-0.25, -0.2) is 14.5 Å². The van der Waals surface area contributed by atoms with Crippen LogP contribution in [0.15, 0.2) is 11.4 Å². The predicted octanol–water partition coefficient (Wildman–Crippen LogP) is 3.70. The summed E-state index contributed by atoms with van der Waals surface area (Å²) in [4.78, 5) is 12.6. The van der Waals surface area contributed by atoms with E-state index in [1.165, 1.54) is 0 Å². The SMILES string of the molecule is CC1(C)CSSCC(OP2(=O)OC[C@H]3O[C@@H](n4cnc5c(S)nc(N)nc54)C[C@@H]3O2)C1. The summed E-state index contributed by atoms with van der Waals surface area (Å²) < 4.78 is 38.5. The van der Waals surface area contributed by atoms with Crippen molar-refractivity contribution in [2.75, 3.05) is 23.8 Å². The number of hydrogen-bond acceptors (Lipinski definition) is 12. The third kappa shape index (κ3) is 4.61. The van der Waals surface area contributed by atoms with Crippen LogP contribution in [0, 0.1) is 5.41 Å². The number of ether oxygens (including phenoxy) is 1. The van der Waals surface area contributed by atoms with Crippen molar-refractivity contribution in [2.45, 2.75) is 56.3 Å². The molecule has 5 atom stereocenters. The number of thiol groups is 1. The van der Waals surface area contributed by atoms with Crippen LogP contribution in [0.25, 0.3) is 11.2 Å². The summed E-state index contributed by atoms with van der Waals surface area (Å²) in [5.74, 6) is 1.87. The molecule has 0 amide bonds. The number of imidazole rings is 1. The van der Waals surface area contributed by atoms with E-state index in [0.29, 0.717) is 22.6 Å². The molecule has 31 heavy (non-hydrogen) atoms. The molecule has 3 fully saturated rings. The smallest absolute Gasteiger partial charge is 0.368 e. The molecule has 0 radical (unpaired) electrons. The second-order valence-corrected chi connectivity index (χ2v) is 13.1. The number of anilines is 1. The maximum absolute atomic E-state index is 13.3. The molecule has 0 aliphatic carbocycles. The van der Waals surface area contributed by atoms with Crippen molar-refractivity contribution in [3.8, 4) is 0 Å². The Morgan fingerprint density at radius 3 is 3.03 bits per heavy atom. The number of rotatable bonds is 3. The molecule has 3 saturated heterocycles. The van der Waals surface area contributed by atoms with Crippen molar-refractivity contribution in [1.82, 2.24) is 19.5 Å². The van der Waals surface area contributed by atoms with Gasteiger partial charge in [-0.2, -0.15) is 4.98 Å². The molecule has 5 rings (SSSR count). The molecular formula is C17H24N5O5PS3. The fourth-order valence-corrected chi connectivity index (χ4v) is 8.82. The Morgan fingerprint density at radius 2 is 2.19 bits per heavy atom. The molecule has 170 valence electrons. The zero-order valence-electron chi connectivity index (χ0n) is 17.0. The van der Waals surface area contributed by atoms with Crippen molar-refractivity contribution in [2.24, 2.45) is 5.41 Å². The third-order valence-electron chi connectivity index (χ3n) is 5.42. The molecule has 2 unspecified atom stereocenters. The Morgan fingerprint density at radius 1 is 1.35 bits per heavy atom. The first kappa shape index (κ1) is 22.3. The topological polar surface area (TPSA) is 124 Å². The van der Waals surface area contributed by atoms with Gasteiger partial charge in [-0.15, -0.1) is 12.6 Å². The van der Waals surface area contributed by atoms with Gasteiger partial charge in [0, 0.05) is 17.9 Å². The highest BCUT2D eigenvalue weighted by atomic mass is 33.1. The third-order valence-corrected chi connectivity index (χ3v) is 10.1. The lowest BCUT2D eigenvalue weighted by Gasteiger charge is -2.33. The highest BCUT2D eigenvalue weighted by Gasteiger charge is 2.49. The number of aromatic nitrogens is 4. The first-order valence-electron chi connectivity index (χ1n) is 9.92. The van der Waals surface area contributed by atoms with Crippen molar-refractivity contribution in [1.29, 1.82) is 0 Å². The van der Waals surface area contributed by atoms with E-state index >= 15 is 0 Å². The number of phosphoric acid groups is 1. The highest BCUT2D eigenvalue weighted by Crippen LogP contribution is 2.58. The van der Waals surface area contributed by atoms with Gasteiger partial charge in [0.25, 0.3) is 0 Å². The molecule has 2 aromatic heterocycles. The second-order valence-electron chi connectivity index (χ2n) is 8.62. The van der Waals surface area contributed by atoms with Gasteiger partial charge >= 0.3 is 7.82 Å². The second kappa shape index (κ2) is 8.35.